The fourth-order valence-electron chi connectivity index (χ4n) is 4.34. The van der Waals surface area contributed by atoms with Crippen molar-refractivity contribution in [2.24, 2.45) is 0 Å². The predicted molar refractivity (Wildman–Crippen MR) is 121 cm³/mol. The van der Waals surface area contributed by atoms with Gasteiger partial charge >= 0.3 is 12.4 Å². The van der Waals surface area contributed by atoms with Crippen LogP contribution in [0, 0.1) is 0 Å². The third kappa shape index (κ3) is 7.02. The van der Waals surface area contributed by atoms with E-state index in [-0.39, 0.29) is 12.1 Å². The van der Waals surface area contributed by atoms with Gasteiger partial charge < -0.3 is 10.6 Å². The summed E-state index contributed by atoms with van der Waals surface area (Å²) in [5.74, 6) is 0. The van der Waals surface area contributed by atoms with Crippen molar-refractivity contribution in [3.05, 3.63) is 59.7 Å². The molecule has 0 bridgehead atoms. The number of hydrogen-bond acceptors (Lipinski definition) is 4. The maximum absolute atomic E-state index is 12.7. The van der Waals surface area contributed by atoms with Crippen molar-refractivity contribution in [3.8, 4) is 0 Å². The summed E-state index contributed by atoms with van der Waals surface area (Å²) in [5.41, 5.74) is -0.129. The first-order valence-corrected chi connectivity index (χ1v) is 11.2. The quantitative estimate of drug-likeness (QED) is 0.336. The lowest BCUT2D eigenvalue weighted by Gasteiger charge is -2.42. The van der Waals surface area contributed by atoms with Gasteiger partial charge in [0.15, 0.2) is 0 Å². The Morgan fingerprint density at radius 1 is 0.647 bits per heavy atom. The molecule has 2 N–H and O–H groups in total. The minimum absolute atomic E-state index is 0.232. The molecule has 2 aromatic carbocycles. The Labute approximate surface area is 195 Å². The monoisotopic (exact) mass is 488 g/mol. The van der Waals surface area contributed by atoms with Crippen LogP contribution in [0.4, 0.5) is 37.7 Å². The summed E-state index contributed by atoms with van der Waals surface area (Å²) in [4.78, 5) is 4.33. The Morgan fingerprint density at radius 2 is 0.971 bits per heavy atom. The standard InChI is InChI=1S/C24H30F6N4/c1-33(15-31-19-11-7-17(8-12-19)23(25,26)27)21-5-3-4-6-22(21)34(2)16-32-20-13-9-18(10-14-20)24(28,29)30/h7-14,21-22,31-32H,3-6,15-16H2,1-2H3/t21-,22-/m1/s1. The second kappa shape index (κ2) is 10.9. The molecule has 0 aromatic heterocycles. The number of hydrogen-bond donors (Lipinski definition) is 2. The Kier molecular flexibility index (Phi) is 8.35. The molecule has 0 heterocycles. The Morgan fingerprint density at radius 3 is 1.26 bits per heavy atom. The summed E-state index contributed by atoms with van der Waals surface area (Å²) in [7, 11) is 3.97. The van der Waals surface area contributed by atoms with Crippen LogP contribution in [0.2, 0.25) is 0 Å². The van der Waals surface area contributed by atoms with Crippen molar-refractivity contribution in [2.45, 2.75) is 50.1 Å². The van der Waals surface area contributed by atoms with E-state index in [1.54, 1.807) is 0 Å². The fraction of sp³-hybridized carbons (Fsp3) is 0.500. The van der Waals surface area contributed by atoms with Crippen molar-refractivity contribution in [1.82, 2.24) is 9.80 Å². The molecule has 0 saturated heterocycles. The molecule has 0 amide bonds. The average Bonchev–Trinajstić information content (AvgIpc) is 2.80. The molecule has 4 nitrogen and oxygen atoms in total. The van der Waals surface area contributed by atoms with Gasteiger partial charge in [0, 0.05) is 23.5 Å². The highest BCUT2D eigenvalue weighted by Gasteiger charge is 2.32. The van der Waals surface area contributed by atoms with Crippen molar-refractivity contribution in [1.29, 1.82) is 0 Å². The maximum atomic E-state index is 12.7. The van der Waals surface area contributed by atoms with E-state index in [0.717, 1.165) is 49.9 Å². The summed E-state index contributed by atoms with van der Waals surface area (Å²) in [6, 6.07) is 10.4. The molecule has 0 radical (unpaired) electrons. The highest BCUT2D eigenvalue weighted by molar-refractivity contribution is 5.45. The van der Waals surface area contributed by atoms with Gasteiger partial charge in [-0.25, -0.2) is 0 Å². The van der Waals surface area contributed by atoms with Crippen LogP contribution in [-0.2, 0) is 12.4 Å². The van der Waals surface area contributed by atoms with Crippen LogP contribution in [0.3, 0.4) is 0 Å². The number of anilines is 2. The van der Waals surface area contributed by atoms with Crippen LogP contribution in [0.25, 0.3) is 0 Å². The van der Waals surface area contributed by atoms with E-state index in [0.29, 0.717) is 24.7 Å². The van der Waals surface area contributed by atoms with E-state index in [9.17, 15) is 26.3 Å². The minimum atomic E-state index is -4.36. The number of rotatable bonds is 8. The number of nitrogens with zero attached hydrogens (tertiary/aromatic N) is 2. The molecule has 0 unspecified atom stereocenters. The van der Waals surface area contributed by atoms with E-state index < -0.39 is 23.5 Å². The van der Waals surface area contributed by atoms with Gasteiger partial charge in [-0.3, -0.25) is 9.80 Å². The largest absolute Gasteiger partial charge is 0.416 e. The summed E-state index contributed by atoms with van der Waals surface area (Å²) in [5, 5.41) is 6.38. The first kappa shape index (κ1) is 26.2. The van der Waals surface area contributed by atoms with E-state index in [2.05, 4.69) is 20.4 Å². The zero-order valence-electron chi connectivity index (χ0n) is 19.2. The van der Waals surface area contributed by atoms with Crippen LogP contribution >= 0.6 is 0 Å². The Bertz CT molecular complexity index is 820. The smallest absolute Gasteiger partial charge is 0.372 e. The van der Waals surface area contributed by atoms with Gasteiger partial charge in [0.2, 0.25) is 0 Å². The van der Waals surface area contributed by atoms with E-state index in [1.165, 1.54) is 24.3 Å². The minimum Gasteiger partial charge on any atom is -0.372 e. The normalized spacial score (nSPS) is 19.5. The lowest BCUT2D eigenvalue weighted by molar-refractivity contribution is -0.138. The zero-order valence-corrected chi connectivity index (χ0v) is 19.2. The molecule has 1 saturated carbocycles. The van der Waals surface area contributed by atoms with Crippen LogP contribution in [0.5, 0.6) is 0 Å². The van der Waals surface area contributed by atoms with E-state index in [1.807, 2.05) is 14.1 Å². The number of benzene rings is 2. The van der Waals surface area contributed by atoms with E-state index in [4.69, 9.17) is 0 Å². The van der Waals surface area contributed by atoms with E-state index >= 15 is 0 Å². The Balaban J connectivity index is 1.54. The SMILES string of the molecule is CN(CNc1ccc(C(F)(F)F)cc1)[C@@H]1CCCC[C@H]1N(C)CNc1ccc(C(F)(F)F)cc1. The summed E-state index contributed by atoms with van der Waals surface area (Å²) in [6.45, 7) is 0.958. The zero-order chi connectivity index (χ0) is 24.9. The second-order valence-corrected chi connectivity index (χ2v) is 8.75. The van der Waals surface area contributed by atoms with Gasteiger partial charge in [-0.2, -0.15) is 26.3 Å². The molecule has 2 aromatic rings. The molecule has 0 spiro atoms. The molecule has 34 heavy (non-hydrogen) atoms. The highest BCUT2D eigenvalue weighted by Crippen LogP contribution is 2.31. The molecule has 188 valence electrons. The van der Waals surface area contributed by atoms with Crippen molar-refractivity contribution in [3.63, 3.8) is 0 Å². The molecular weight excluding hydrogens is 458 g/mol. The highest BCUT2D eigenvalue weighted by atomic mass is 19.4. The molecular formula is C24H30F6N4. The van der Waals surface area contributed by atoms with Crippen molar-refractivity contribution in [2.75, 3.05) is 38.1 Å². The van der Waals surface area contributed by atoms with Gasteiger partial charge in [-0.15, -0.1) is 0 Å². The molecule has 1 fully saturated rings. The van der Waals surface area contributed by atoms with Gasteiger partial charge in [0.1, 0.15) is 0 Å². The van der Waals surface area contributed by atoms with Gasteiger partial charge in [-0.05, 0) is 75.5 Å². The molecule has 1 aliphatic carbocycles. The summed E-state index contributed by atoms with van der Waals surface area (Å²) >= 11 is 0. The number of nitrogens with one attached hydrogen (secondary N) is 2. The second-order valence-electron chi connectivity index (χ2n) is 8.75. The van der Waals surface area contributed by atoms with Crippen molar-refractivity contribution < 1.29 is 26.3 Å². The molecule has 0 aliphatic heterocycles. The fourth-order valence-corrected chi connectivity index (χ4v) is 4.34. The molecule has 3 rings (SSSR count). The van der Waals surface area contributed by atoms with Gasteiger partial charge in [-0.1, -0.05) is 12.8 Å². The first-order chi connectivity index (χ1) is 15.9. The predicted octanol–water partition coefficient (Wildman–Crippen LogP) is 6.34. The van der Waals surface area contributed by atoms with Gasteiger partial charge in [0.25, 0.3) is 0 Å². The Hall–Kier alpha value is -2.46. The number of halogens is 6. The first-order valence-electron chi connectivity index (χ1n) is 11.2. The van der Waals surface area contributed by atoms with Crippen molar-refractivity contribution >= 4 is 11.4 Å². The van der Waals surface area contributed by atoms with Crippen LogP contribution in [-0.4, -0.2) is 49.3 Å². The molecule has 1 aliphatic rings. The lowest BCUT2D eigenvalue weighted by Crippen LogP contribution is -2.53. The molecule has 2 atom stereocenters. The number of alkyl halides is 6. The van der Waals surface area contributed by atoms with Crippen LogP contribution < -0.4 is 10.6 Å². The third-order valence-corrected chi connectivity index (χ3v) is 6.32. The average molecular weight is 489 g/mol. The number of likely N-dealkylation sites (N-methyl/N-ethyl adjacent to an activating group) is 2. The molecule has 10 heteroatoms. The topological polar surface area (TPSA) is 30.5 Å². The summed E-state index contributed by atoms with van der Waals surface area (Å²) < 4.78 is 76.5. The van der Waals surface area contributed by atoms with Crippen LogP contribution in [0.1, 0.15) is 36.8 Å². The van der Waals surface area contributed by atoms with Gasteiger partial charge in [0.05, 0.1) is 24.5 Å². The lowest BCUT2D eigenvalue weighted by atomic mass is 9.88. The summed E-state index contributed by atoms with van der Waals surface area (Å²) in [6.07, 6.45) is -4.56. The van der Waals surface area contributed by atoms with Crippen LogP contribution in [0.15, 0.2) is 48.5 Å². The maximum Gasteiger partial charge on any atom is 0.416 e. The third-order valence-electron chi connectivity index (χ3n) is 6.32.